The van der Waals surface area contributed by atoms with Crippen molar-refractivity contribution in [2.45, 2.75) is 12.1 Å². The highest BCUT2D eigenvalue weighted by Crippen LogP contribution is 2.52. The van der Waals surface area contributed by atoms with E-state index >= 15 is 0 Å². The molecule has 4 aromatic rings. The molecular formula is C26H16ClFN2O4. The molecule has 6 nitrogen and oxygen atoms in total. The number of rotatable bonds is 2. The topological polar surface area (TPSA) is 70.8 Å². The maximum Gasteiger partial charge on any atom is 0.291 e. The highest BCUT2D eigenvalue weighted by Gasteiger charge is 2.64. The van der Waals surface area contributed by atoms with E-state index in [1.807, 2.05) is 0 Å². The Bertz CT molecular complexity index is 1600. The van der Waals surface area contributed by atoms with Crippen LogP contribution in [0.25, 0.3) is 11.0 Å². The van der Waals surface area contributed by atoms with E-state index in [-0.39, 0.29) is 28.8 Å². The zero-order valence-electron chi connectivity index (χ0n) is 17.8. The molecule has 0 aliphatic carbocycles. The van der Waals surface area contributed by atoms with Gasteiger partial charge in [0.25, 0.3) is 11.8 Å². The summed E-state index contributed by atoms with van der Waals surface area (Å²) >= 11 is 6.14. The Morgan fingerprint density at radius 1 is 1.00 bits per heavy atom. The third-order valence-electron chi connectivity index (χ3n) is 6.58. The molecule has 2 aliphatic heterocycles. The molecule has 0 saturated heterocycles. The second-order valence-corrected chi connectivity index (χ2v) is 8.82. The number of fused-ring (bicyclic) bond motifs is 5. The smallest absolute Gasteiger partial charge is 0.291 e. The summed E-state index contributed by atoms with van der Waals surface area (Å²) < 4.78 is 19.5. The van der Waals surface area contributed by atoms with Crippen molar-refractivity contribution in [1.82, 2.24) is 4.90 Å². The van der Waals surface area contributed by atoms with Crippen LogP contribution in [0.1, 0.15) is 27.2 Å². The van der Waals surface area contributed by atoms with Crippen LogP contribution in [0.2, 0.25) is 5.02 Å². The van der Waals surface area contributed by atoms with Gasteiger partial charge >= 0.3 is 0 Å². The highest BCUT2D eigenvalue weighted by molar-refractivity contribution is 6.31. The number of carbonyl (C=O) groups excluding carboxylic acids is 2. The molecule has 34 heavy (non-hydrogen) atoms. The number of carbonyl (C=O) groups is 2. The number of likely N-dealkylation sites (N-methyl/N-ethyl adjacent to an activating group) is 1. The first kappa shape index (κ1) is 20.6. The van der Waals surface area contributed by atoms with Crippen LogP contribution in [0.4, 0.5) is 10.1 Å². The molecular weight excluding hydrogens is 459 g/mol. The molecule has 168 valence electrons. The molecule has 6 rings (SSSR count). The molecule has 1 aromatic heterocycles. The van der Waals surface area contributed by atoms with Crippen molar-refractivity contribution >= 4 is 40.1 Å². The van der Waals surface area contributed by atoms with Gasteiger partial charge in [0.15, 0.2) is 11.0 Å². The highest BCUT2D eigenvalue weighted by atomic mass is 35.5. The molecule has 2 amide bonds. The Balaban J connectivity index is 1.70. The minimum Gasteiger partial charge on any atom is -0.450 e. The lowest BCUT2D eigenvalue weighted by atomic mass is 9.83. The van der Waals surface area contributed by atoms with Crippen LogP contribution in [-0.4, -0.2) is 23.8 Å². The number of hydrogen-bond donors (Lipinski definition) is 0. The lowest BCUT2D eigenvalue weighted by molar-refractivity contribution is -0.126. The first-order valence-electron chi connectivity index (χ1n) is 10.5. The van der Waals surface area contributed by atoms with Gasteiger partial charge in [0.05, 0.1) is 10.9 Å². The van der Waals surface area contributed by atoms with E-state index in [4.69, 9.17) is 16.0 Å². The number of benzene rings is 3. The molecule has 1 unspecified atom stereocenters. The molecule has 0 radical (unpaired) electrons. The van der Waals surface area contributed by atoms with Gasteiger partial charge in [-0.2, -0.15) is 0 Å². The summed E-state index contributed by atoms with van der Waals surface area (Å²) in [5.41, 5.74) is -0.353. The SMILES string of the molecule is CN1C(=O)C2(c3ccccc31)c1c(oc3ccc(Cl)cc3c1=O)C(=O)N2Cc1ccc(F)cc1. The van der Waals surface area contributed by atoms with Gasteiger partial charge in [0.2, 0.25) is 5.76 Å². The van der Waals surface area contributed by atoms with Crippen molar-refractivity contribution in [3.8, 4) is 0 Å². The predicted molar refractivity (Wildman–Crippen MR) is 124 cm³/mol. The Hall–Kier alpha value is -3.97. The van der Waals surface area contributed by atoms with Crippen molar-refractivity contribution in [2.75, 3.05) is 11.9 Å². The maximum atomic E-state index is 14.0. The summed E-state index contributed by atoms with van der Waals surface area (Å²) in [6.45, 7) is -0.0340. The molecule has 3 heterocycles. The quantitative estimate of drug-likeness (QED) is 0.430. The lowest BCUT2D eigenvalue weighted by Gasteiger charge is -2.34. The number of anilines is 1. The van der Waals surface area contributed by atoms with Crippen molar-refractivity contribution in [2.24, 2.45) is 0 Å². The molecule has 8 heteroatoms. The van der Waals surface area contributed by atoms with E-state index in [0.717, 1.165) is 0 Å². The van der Waals surface area contributed by atoms with E-state index in [2.05, 4.69) is 0 Å². The second-order valence-electron chi connectivity index (χ2n) is 8.39. The van der Waals surface area contributed by atoms with Gasteiger partial charge in [0.1, 0.15) is 11.4 Å². The minimum absolute atomic E-state index is 0.0313. The summed E-state index contributed by atoms with van der Waals surface area (Å²) in [6.07, 6.45) is 0. The van der Waals surface area contributed by atoms with Crippen LogP contribution in [0, 0.1) is 5.82 Å². The Morgan fingerprint density at radius 2 is 1.74 bits per heavy atom. The van der Waals surface area contributed by atoms with Crippen LogP contribution < -0.4 is 10.3 Å². The summed E-state index contributed by atoms with van der Waals surface area (Å²) in [5, 5.41) is 0.512. The first-order chi connectivity index (χ1) is 16.3. The zero-order valence-corrected chi connectivity index (χ0v) is 18.6. The van der Waals surface area contributed by atoms with Gasteiger partial charge < -0.3 is 14.2 Å². The predicted octanol–water partition coefficient (Wildman–Crippen LogP) is 4.46. The molecule has 1 atom stereocenters. The van der Waals surface area contributed by atoms with Crippen LogP contribution >= 0.6 is 11.6 Å². The van der Waals surface area contributed by atoms with E-state index < -0.39 is 28.6 Å². The third-order valence-corrected chi connectivity index (χ3v) is 6.82. The minimum atomic E-state index is -1.72. The third kappa shape index (κ3) is 2.53. The summed E-state index contributed by atoms with van der Waals surface area (Å²) in [4.78, 5) is 44.4. The zero-order chi connectivity index (χ0) is 23.8. The number of halogens is 2. The fraction of sp³-hybridized carbons (Fsp3) is 0.115. The second kappa shape index (κ2) is 7.01. The summed E-state index contributed by atoms with van der Waals surface area (Å²) in [6, 6.07) is 17.2. The standard InChI is InChI=1S/C26H16ClFN2O4/c1-29-19-5-3-2-4-18(19)26(25(29)33)21-22(31)17-12-15(27)8-11-20(17)34-23(21)24(32)30(26)13-14-6-9-16(28)10-7-14/h2-12H,13H2,1H3. The average Bonchev–Trinajstić information content (AvgIpc) is 3.21. The maximum absolute atomic E-state index is 14.0. The van der Waals surface area contributed by atoms with Gasteiger partial charge in [-0.1, -0.05) is 41.9 Å². The largest absolute Gasteiger partial charge is 0.450 e. The van der Waals surface area contributed by atoms with E-state index in [1.165, 1.54) is 34.1 Å². The van der Waals surface area contributed by atoms with Crippen LogP contribution in [0.5, 0.6) is 0 Å². The number of nitrogens with zero attached hydrogens (tertiary/aromatic N) is 2. The van der Waals surface area contributed by atoms with E-state index in [0.29, 0.717) is 21.8 Å². The Kier molecular flexibility index (Phi) is 4.25. The molecule has 0 fully saturated rings. The van der Waals surface area contributed by atoms with Crippen LogP contribution in [-0.2, 0) is 16.9 Å². The van der Waals surface area contributed by atoms with Gasteiger partial charge in [-0.15, -0.1) is 0 Å². The van der Waals surface area contributed by atoms with Crippen LogP contribution in [0.3, 0.4) is 0 Å². The molecule has 0 bridgehead atoms. The van der Waals surface area contributed by atoms with Crippen molar-refractivity contribution in [3.63, 3.8) is 0 Å². The molecule has 3 aromatic carbocycles. The van der Waals surface area contributed by atoms with Crippen molar-refractivity contribution in [1.29, 1.82) is 0 Å². The van der Waals surface area contributed by atoms with Crippen molar-refractivity contribution in [3.05, 3.63) is 110 Å². The first-order valence-corrected chi connectivity index (χ1v) is 10.9. The molecule has 0 saturated carbocycles. The average molecular weight is 475 g/mol. The number of para-hydroxylation sites is 1. The normalized spacial score (nSPS) is 18.8. The number of hydrogen-bond acceptors (Lipinski definition) is 4. The van der Waals surface area contributed by atoms with Gasteiger partial charge in [0, 0.05) is 29.9 Å². The van der Waals surface area contributed by atoms with Crippen molar-refractivity contribution < 1.29 is 18.4 Å². The molecule has 1 spiro atoms. The number of amides is 2. The Morgan fingerprint density at radius 3 is 2.50 bits per heavy atom. The molecule has 0 N–H and O–H groups in total. The summed E-state index contributed by atoms with van der Waals surface area (Å²) in [7, 11) is 1.61. The van der Waals surface area contributed by atoms with E-state index in [1.54, 1.807) is 49.5 Å². The fourth-order valence-corrected chi connectivity index (χ4v) is 5.23. The van der Waals surface area contributed by atoms with E-state index in [9.17, 15) is 18.8 Å². The lowest BCUT2D eigenvalue weighted by Crippen LogP contribution is -2.52. The van der Waals surface area contributed by atoms with Gasteiger partial charge in [-0.25, -0.2) is 4.39 Å². The monoisotopic (exact) mass is 474 g/mol. The van der Waals surface area contributed by atoms with Crippen LogP contribution in [0.15, 0.2) is 75.9 Å². The summed E-state index contributed by atoms with van der Waals surface area (Å²) in [5.74, 6) is -1.64. The Labute approximate surface area is 197 Å². The van der Waals surface area contributed by atoms with Gasteiger partial charge in [-0.05, 0) is 42.0 Å². The fourth-order valence-electron chi connectivity index (χ4n) is 5.06. The van der Waals surface area contributed by atoms with Gasteiger partial charge in [-0.3, -0.25) is 14.4 Å². The molecule has 2 aliphatic rings.